The first-order chi connectivity index (χ1) is 11.2. The number of hydrogen-bond acceptors (Lipinski definition) is 2. The van der Waals surface area contributed by atoms with Gasteiger partial charge in [-0.15, -0.1) is 0 Å². The molecule has 2 aromatic rings. The van der Waals surface area contributed by atoms with Crippen LogP contribution >= 0.6 is 34.8 Å². The van der Waals surface area contributed by atoms with Crippen LogP contribution in [-0.2, 0) is 0 Å². The maximum Gasteiger partial charge on any atom is 0.399 e. The fourth-order valence-corrected chi connectivity index (χ4v) is 2.64. The highest BCUT2D eigenvalue weighted by Gasteiger charge is 2.39. The Kier molecular flexibility index (Phi) is 6.04. The first-order valence-electron chi connectivity index (χ1n) is 6.58. The quantitative estimate of drug-likeness (QED) is 0.489. The molecular weight excluding hydrogens is 386 g/mol. The van der Waals surface area contributed by atoms with Gasteiger partial charge >= 0.3 is 6.18 Å². The van der Waals surface area contributed by atoms with Crippen molar-refractivity contribution in [2.45, 2.75) is 12.1 Å². The maximum atomic E-state index is 13.4. The van der Waals surface area contributed by atoms with Crippen molar-refractivity contribution >= 4 is 40.9 Å². The normalized spacial score (nSPS) is 13.3. The zero-order chi connectivity index (χ0) is 17.9. The number of nitrogens with two attached hydrogens (primary N) is 1. The molecule has 0 aromatic heterocycles. The zero-order valence-corrected chi connectivity index (χ0v) is 14.2. The fraction of sp³-hybridized carbons (Fsp3) is 0.125. The summed E-state index contributed by atoms with van der Waals surface area (Å²) in [4.78, 5) is 4.51. The minimum Gasteiger partial charge on any atom is -0.412 e. The van der Waals surface area contributed by atoms with Crippen molar-refractivity contribution in [3.8, 4) is 5.75 Å². The van der Waals surface area contributed by atoms with Gasteiger partial charge in [0.2, 0.25) is 0 Å². The third-order valence-electron chi connectivity index (χ3n) is 3.22. The Balaban J connectivity index is 2.37. The highest BCUT2D eigenvalue weighted by atomic mass is 35.5. The minimum absolute atomic E-state index is 0.0179. The number of rotatable bonds is 4. The number of alkyl halides is 3. The summed E-state index contributed by atoms with van der Waals surface area (Å²) in [5.74, 6) is 3.51. The molecule has 24 heavy (non-hydrogen) atoms. The van der Waals surface area contributed by atoms with Crippen molar-refractivity contribution in [3.05, 3.63) is 68.7 Å². The van der Waals surface area contributed by atoms with Crippen LogP contribution in [0.1, 0.15) is 17.0 Å². The van der Waals surface area contributed by atoms with Crippen molar-refractivity contribution in [2.75, 3.05) is 0 Å². The van der Waals surface area contributed by atoms with Crippen molar-refractivity contribution in [1.82, 2.24) is 0 Å². The lowest BCUT2D eigenvalue weighted by Gasteiger charge is -2.18. The average molecular weight is 397 g/mol. The zero-order valence-electron chi connectivity index (χ0n) is 11.9. The lowest BCUT2D eigenvalue weighted by Crippen LogP contribution is -2.19. The summed E-state index contributed by atoms with van der Waals surface area (Å²) >= 11 is 17.4. The first kappa shape index (κ1) is 18.9. The van der Waals surface area contributed by atoms with E-state index in [2.05, 4.69) is 4.84 Å². The molecule has 0 spiro atoms. The average Bonchev–Trinajstić information content (AvgIpc) is 2.52. The second-order valence-corrected chi connectivity index (χ2v) is 6.06. The molecule has 2 rings (SSSR count). The molecule has 8 heteroatoms. The van der Waals surface area contributed by atoms with E-state index in [1.54, 1.807) is 12.1 Å². The van der Waals surface area contributed by atoms with Crippen LogP contribution in [0.5, 0.6) is 5.75 Å². The summed E-state index contributed by atoms with van der Waals surface area (Å²) in [6.07, 6.45) is -2.15. The van der Waals surface area contributed by atoms with Gasteiger partial charge in [-0.05, 0) is 35.4 Å². The molecule has 128 valence electrons. The van der Waals surface area contributed by atoms with Crippen molar-refractivity contribution < 1.29 is 18.0 Å². The van der Waals surface area contributed by atoms with Gasteiger partial charge < -0.3 is 4.84 Å². The van der Waals surface area contributed by atoms with Gasteiger partial charge in [0.15, 0.2) is 0 Å². The van der Waals surface area contributed by atoms with Gasteiger partial charge in [0.25, 0.3) is 0 Å². The van der Waals surface area contributed by atoms with Crippen LogP contribution in [0.3, 0.4) is 0 Å². The van der Waals surface area contributed by atoms with Crippen molar-refractivity contribution in [2.24, 2.45) is 5.90 Å². The molecule has 0 heterocycles. The van der Waals surface area contributed by atoms with Crippen LogP contribution < -0.4 is 10.7 Å². The topological polar surface area (TPSA) is 35.2 Å². The predicted octanol–water partition coefficient (Wildman–Crippen LogP) is 6.26. The molecule has 0 aliphatic rings. The standard InChI is InChI=1S/C16H11Cl3F3NO/c17-13-7-10(8-14(18)15(13)19)12(16(20,21)22)6-3-9-1-4-11(24-23)5-2-9/h1-8,12H,23H2. The highest BCUT2D eigenvalue weighted by molar-refractivity contribution is 6.48. The molecule has 2 N–H and O–H groups in total. The fourth-order valence-electron chi connectivity index (χ4n) is 2.03. The van der Waals surface area contributed by atoms with Gasteiger partial charge in [-0.25, -0.2) is 0 Å². The minimum atomic E-state index is -4.52. The van der Waals surface area contributed by atoms with Gasteiger partial charge in [-0.3, -0.25) is 0 Å². The smallest absolute Gasteiger partial charge is 0.399 e. The molecule has 0 aliphatic heterocycles. The third kappa shape index (κ3) is 4.57. The van der Waals surface area contributed by atoms with Crippen molar-refractivity contribution in [3.63, 3.8) is 0 Å². The molecule has 0 bridgehead atoms. The van der Waals surface area contributed by atoms with E-state index in [-0.39, 0.29) is 20.6 Å². The monoisotopic (exact) mass is 395 g/mol. The van der Waals surface area contributed by atoms with E-state index in [4.69, 9.17) is 40.7 Å². The summed E-state index contributed by atoms with van der Waals surface area (Å²) in [5, 5.41) is -0.0538. The van der Waals surface area contributed by atoms with E-state index in [1.807, 2.05) is 0 Å². The number of hydrogen-bond donors (Lipinski definition) is 1. The van der Waals surface area contributed by atoms with E-state index in [9.17, 15) is 13.2 Å². The molecular formula is C16H11Cl3F3NO. The molecule has 0 saturated carbocycles. The van der Waals surface area contributed by atoms with Crippen molar-refractivity contribution in [1.29, 1.82) is 0 Å². The van der Waals surface area contributed by atoms with E-state index < -0.39 is 12.1 Å². The Labute approximate surface area is 151 Å². The Morgan fingerprint density at radius 2 is 1.54 bits per heavy atom. The molecule has 1 unspecified atom stereocenters. The molecule has 1 atom stereocenters. The van der Waals surface area contributed by atoms with E-state index in [0.717, 1.165) is 18.2 Å². The molecule has 0 radical (unpaired) electrons. The van der Waals surface area contributed by atoms with Crippen LogP contribution in [0.25, 0.3) is 6.08 Å². The molecule has 0 saturated heterocycles. The van der Waals surface area contributed by atoms with Gasteiger partial charge in [-0.2, -0.15) is 19.1 Å². The predicted molar refractivity (Wildman–Crippen MR) is 90.6 cm³/mol. The van der Waals surface area contributed by atoms with Crippen LogP contribution in [0.4, 0.5) is 13.2 Å². The SMILES string of the molecule is NOc1ccc(C=CC(c2cc(Cl)c(Cl)c(Cl)c2)C(F)(F)F)cc1. The second kappa shape index (κ2) is 7.66. The lowest BCUT2D eigenvalue weighted by atomic mass is 9.97. The summed E-state index contributed by atoms with van der Waals surface area (Å²) in [5.41, 5.74) is 0.455. The highest BCUT2D eigenvalue weighted by Crippen LogP contribution is 2.41. The molecule has 0 amide bonds. The van der Waals surface area contributed by atoms with E-state index in [1.165, 1.54) is 18.2 Å². The van der Waals surface area contributed by atoms with Gasteiger partial charge in [0.1, 0.15) is 5.75 Å². The molecule has 0 fully saturated rings. The number of halogens is 6. The third-order valence-corrected chi connectivity index (χ3v) is 4.41. The number of allylic oxidation sites excluding steroid dienone is 1. The van der Waals surface area contributed by atoms with Crippen LogP contribution in [0.2, 0.25) is 15.1 Å². The molecule has 2 nitrogen and oxygen atoms in total. The van der Waals surface area contributed by atoms with E-state index in [0.29, 0.717) is 11.3 Å². The summed E-state index contributed by atoms with van der Waals surface area (Å²) in [7, 11) is 0. The van der Waals surface area contributed by atoms with Crippen LogP contribution in [0, 0.1) is 0 Å². The Morgan fingerprint density at radius 3 is 2.00 bits per heavy atom. The first-order valence-corrected chi connectivity index (χ1v) is 7.72. The number of benzene rings is 2. The Morgan fingerprint density at radius 1 is 1.00 bits per heavy atom. The second-order valence-electron chi connectivity index (χ2n) is 4.86. The molecule has 2 aromatic carbocycles. The van der Waals surface area contributed by atoms with Gasteiger partial charge in [0, 0.05) is 0 Å². The maximum absolute atomic E-state index is 13.4. The Bertz CT molecular complexity index is 722. The summed E-state index contributed by atoms with van der Waals surface area (Å²) < 4.78 is 40.2. The van der Waals surface area contributed by atoms with Crippen LogP contribution in [0.15, 0.2) is 42.5 Å². The largest absolute Gasteiger partial charge is 0.412 e. The van der Waals surface area contributed by atoms with Gasteiger partial charge in [-0.1, -0.05) is 59.1 Å². The summed E-state index contributed by atoms with van der Waals surface area (Å²) in [6.45, 7) is 0. The Hall–Kier alpha value is -1.40. The van der Waals surface area contributed by atoms with Gasteiger partial charge in [0.05, 0.1) is 21.0 Å². The van der Waals surface area contributed by atoms with E-state index >= 15 is 0 Å². The van der Waals surface area contributed by atoms with Crippen LogP contribution in [-0.4, -0.2) is 6.18 Å². The summed E-state index contributed by atoms with van der Waals surface area (Å²) in [6, 6.07) is 8.55. The molecule has 0 aliphatic carbocycles. The lowest BCUT2D eigenvalue weighted by molar-refractivity contribution is -0.139.